The molecule has 7 nitrogen and oxygen atoms in total. The van der Waals surface area contributed by atoms with Crippen LogP contribution < -0.4 is 15.4 Å². The fraction of sp³-hybridized carbons (Fsp3) is 0.393. The van der Waals surface area contributed by atoms with Crippen LogP contribution in [0.15, 0.2) is 36.4 Å². The average molecular weight is 543 g/mol. The van der Waals surface area contributed by atoms with Crippen LogP contribution in [0.25, 0.3) is 11.4 Å². The highest BCUT2D eigenvalue weighted by molar-refractivity contribution is 6.35. The Labute approximate surface area is 228 Å². The van der Waals surface area contributed by atoms with Gasteiger partial charge in [0.2, 0.25) is 5.91 Å². The van der Waals surface area contributed by atoms with E-state index in [1.165, 1.54) is 5.56 Å². The first kappa shape index (κ1) is 27.2. The lowest BCUT2D eigenvalue weighted by atomic mass is 10.0. The molecule has 0 aliphatic carbocycles. The molecule has 4 rings (SSSR count). The van der Waals surface area contributed by atoms with Crippen molar-refractivity contribution in [3.63, 3.8) is 0 Å². The van der Waals surface area contributed by atoms with E-state index in [1.807, 2.05) is 13.8 Å². The number of ether oxygens (including phenoxy) is 1. The Balaban J connectivity index is 1.69. The number of benzene rings is 2. The summed E-state index contributed by atoms with van der Waals surface area (Å²) in [6, 6.07) is 11.6. The summed E-state index contributed by atoms with van der Waals surface area (Å²) in [5.41, 5.74) is 10.1. The smallest absolute Gasteiger partial charge is 0.231 e. The van der Waals surface area contributed by atoms with Crippen molar-refractivity contribution in [2.45, 2.75) is 40.2 Å². The number of piperazine rings is 1. The van der Waals surface area contributed by atoms with Crippen LogP contribution in [-0.2, 0) is 11.4 Å². The molecule has 0 radical (unpaired) electrons. The topological polar surface area (TPSA) is 84.6 Å². The third-order valence-electron chi connectivity index (χ3n) is 6.66. The minimum atomic E-state index is -0.322. The van der Waals surface area contributed by atoms with E-state index in [9.17, 15) is 4.79 Å². The van der Waals surface area contributed by atoms with E-state index in [-0.39, 0.29) is 12.5 Å². The fourth-order valence-corrected chi connectivity index (χ4v) is 4.79. The number of nitrogens with two attached hydrogens (primary N) is 1. The summed E-state index contributed by atoms with van der Waals surface area (Å²) < 4.78 is 6.36. The van der Waals surface area contributed by atoms with Gasteiger partial charge in [-0.25, -0.2) is 9.97 Å². The van der Waals surface area contributed by atoms with Crippen molar-refractivity contribution in [1.82, 2.24) is 14.9 Å². The van der Waals surface area contributed by atoms with Crippen LogP contribution in [0.3, 0.4) is 0 Å². The van der Waals surface area contributed by atoms with Crippen LogP contribution in [0.1, 0.15) is 42.1 Å². The van der Waals surface area contributed by atoms with Gasteiger partial charge >= 0.3 is 0 Å². The van der Waals surface area contributed by atoms with Crippen LogP contribution >= 0.6 is 23.2 Å². The number of carbonyl (C=O) groups is 1. The zero-order valence-corrected chi connectivity index (χ0v) is 23.2. The highest BCUT2D eigenvalue weighted by Gasteiger charge is 2.24. The van der Waals surface area contributed by atoms with Crippen LogP contribution in [0, 0.1) is 13.8 Å². The van der Waals surface area contributed by atoms with Gasteiger partial charge < -0.3 is 15.4 Å². The molecular weight excluding hydrogens is 509 g/mol. The second-order valence-electron chi connectivity index (χ2n) is 9.76. The number of hydrogen-bond acceptors (Lipinski definition) is 6. The Kier molecular flexibility index (Phi) is 8.57. The molecule has 1 aromatic heterocycles. The van der Waals surface area contributed by atoms with Crippen LogP contribution in [0.5, 0.6) is 5.75 Å². The molecule has 1 aliphatic rings. The Morgan fingerprint density at radius 2 is 1.78 bits per heavy atom. The summed E-state index contributed by atoms with van der Waals surface area (Å²) >= 11 is 12.8. The van der Waals surface area contributed by atoms with Gasteiger partial charge in [-0.15, -0.1) is 0 Å². The van der Waals surface area contributed by atoms with Crippen molar-refractivity contribution >= 4 is 34.9 Å². The Hall–Kier alpha value is -2.87. The van der Waals surface area contributed by atoms with Gasteiger partial charge in [-0.3, -0.25) is 9.69 Å². The number of hydrogen-bond donors (Lipinski definition) is 1. The fourth-order valence-electron chi connectivity index (χ4n) is 4.42. The van der Waals surface area contributed by atoms with E-state index >= 15 is 0 Å². The second kappa shape index (κ2) is 11.7. The summed E-state index contributed by atoms with van der Waals surface area (Å²) in [4.78, 5) is 25.4. The average Bonchev–Trinajstić information content (AvgIpc) is 2.85. The summed E-state index contributed by atoms with van der Waals surface area (Å²) in [7, 11) is 0. The first-order valence-corrected chi connectivity index (χ1v) is 13.2. The second-order valence-corrected chi connectivity index (χ2v) is 10.6. The van der Waals surface area contributed by atoms with Gasteiger partial charge in [0.25, 0.3) is 0 Å². The first-order valence-electron chi connectivity index (χ1n) is 12.4. The Bertz CT molecular complexity index is 1290. The maximum Gasteiger partial charge on any atom is 0.231 e. The predicted molar refractivity (Wildman–Crippen MR) is 150 cm³/mol. The van der Waals surface area contributed by atoms with Gasteiger partial charge in [0.15, 0.2) is 5.82 Å². The number of halogens is 2. The Morgan fingerprint density at radius 3 is 2.46 bits per heavy atom. The van der Waals surface area contributed by atoms with E-state index in [4.69, 9.17) is 43.6 Å². The van der Waals surface area contributed by atoms with Gasteiger partial charge in [-0.05, 0) is 55.2 Å². The maximum absolute atomic E-state index is 11.4. The molecule has 196 valence electrons. The van der Waals surface area contributed by atoms with Gasteiger partial charge in [-0.1, -0.05) is 49.2 Å². The van der Waals surface area contributed by atoms with E-state index in [2.05, 4.69) is 41.8 Å². The summed E-state index contributed by atoms with van der Waals surface area (Å²) in [5, 5.41) is 1.10. The molecule has 1 saturated heterocycles. The van der Waals surface area contributed by atoms with Crippen molar-refractivity contribution in [3.05, 3.63) is 68.8 Å². The number of nitrogens with zero attached hydrogens (tertiary/aromatic N) is 4. The molecule has 0 saturated carbocycles. The Morgan fingerprint density at radius 1 is 1.05 bits per heavy atom. The molecule has 2 aromatic carbocycles. The lowest BCUT2D eigenvalue weighted by molar-refractivity contribution is -0.119. The molecule has 1 amide bonds. The van der Waals surface area contributed by atoms with Gasteiger partial charge in [-0.2, -0.15) is 0 Å². The SMILES string of the molecule is Cc1ccc(C(C)C)cc1OCc1c(C)nc(-c2cc(Cl)ccc2Cl)nc1N1CCN(CC(N)=O)CC1. The third-order valence-corrected chi connectivity index (χ3v) is 7.23. The van der Waals surface area contributed by atoms with Crippen molar-refractivity contribution in [2.24, 2.45) is 5.73 Å². The molecule has 3 aromatic rings. The molecule has 2 heterocycles. The molecule has 0 spiro atoms. The predicted octanol–water partition coefficient (Wildman–Crippen LogP) is 5.38. The van der Waals surface area contributed by atoms with E-state index in [0.717, 1.165) is 28.4 Å². The highest BCUT2D eigenvalue weighted by Crippen LogP contribution is 2.33. The largest absolute Gasteiger partial charge is 0.488 e. The van der Waals surface area contributed by atoms with Crippen molar-refractivity contribution in [2.75, 3.05) is 37.6 Å². The number of rotatable bonds is 8. The van der Waals surface area contributed by atoms with Gasteiger partial charge in [0, 0.05) is 36.8 Å². The minimum absolute atomic E-state index is 0.251. The maximum atomic E-state index is 11.4. The normalized spacial score (nSPS) is 14.3. The minimum Gasteiger partial charge on any atom is -0.488 e. The van der Waals surface area contributed by atoms with Crippen molar-refractivity contribution < 1.29 is 9.53 Å². The summed E-state index contributed by atoms with van der Waals surface area (Å²) in [5.74, 6) is 2.25. The monoisotopic (exact) mass is 541 g/mol. The molecular formula is C28H33Cl2N5O2. The van der Waals surface area contributed by atoms with Crippen LogP contribution in [0.2, 0.25) is 10.0 Å². The lowest BCUT2D eigenvalue weighted by Crippen LogP contribution is -2.49. The number of aromatic nitrogens is 2. The molecule has 9 heteroatoms. The molecule has 1 aliphatic heterocycles. The molecule has 0 atom stereocenters. The standard InChI is InChI=1S/C28H33Cl2N5O2/c1-17(2)20-6-5-18(3)25(13-20)37-16-23-19(4)32-27(22-14-21(29)7-8-24(22)30)33-28(23)35-11-9-34(10-12-35)15-26(31)36/h5-8,13-14,17H,9-12,15-16H2,1-4H3,(H2,31,36). The summed E-state index contributed by atoms with van der Waals surface area (Å²) in [6.07, 6.45) is 0. The van der Waals surface area contributed by atoms with E-state index < -0.39 is 0 Å². The van der Waals surface area contributed by atoms with E-state index in [1.54, 1.807) is 18.2 Å². The number of aryl methyl sites for hydroxylation is 2. The quantitative estimate of drug-likeness (QED) is 0.412. The lowest BCUT2D eigenvalue weighted by Gasteiger charge is -2.36. The van der Waals surface area contributed by atoms with E-state index in [0.29, 0.717) is 60.1 Å². The number of primary amides is 1. The molecule has 1 fully saturated rings. The number of carbonyl (C=O) groups excluding carboxylic acids is 1. The third kappa shape index (κ3) is 6.53. The molecule has 0 unspecified atom stereocenters. The zero-order valence-electron chi connectivity index (χ0n) is 21.7. The zero-order chi connectivity index (χ0) is 26.7. The van der Waals surface area contributed by atoms with Crippen LogP contribution in [-0.4, -0.2) is 53.5 Å². The molecule has 2 N–H and O–H groups in total. The van der Waals surface area contributed by atoms with Gasteiger partial charge in [0.05, 0.1) is 22.8 Å². The van der Waals surface area contributed by atoms with Crippen molar-refractivity contribution in [1.29, 1.82) is 0 Å². The van der Waals surface area contributed by atoms with Crippen LogP contribution in [0.4, 0.5) is 5.82 Å². The molecule has 37 heavy (non-hydrogen) atoms. The number of amides is 1. The molecule has 0 bridgehead atoms. The van der Waals surface area contributed by atoms with Crippen molar-refractivity contribution in [3.8, 4) is 17.1 Å². The van der Waals surface area contributed by atoms with Gasteiger partial charge in [0.1, 0.15) is 18.2 Å². The number of anilines is 1. The highest BCUT2D eigenvalue weighted by atomic mass is 35.5. The first-order chi connectivity index (χ1) is 17.6. The summed E-state index contributed by atoms with van der Waals surface area (Å²) in [6.45, 7) is 11.7.